The van der Waals surface area contributed by atoms with Gasteiger partial charge < -0.3 is 5.32 Å². The predicted molar refractivity (Wildman–Crippen MR) is 69.6 cm³/mol. The maximum atomic E-state index is 11.9. The molecule has 1 aromatic carbocycles. The number of carbonyl (C=O) groups excluding carboxylic acids is 1. The Bertz CT molecular complexity index is 354. The molecule has 1 N–H and O–H groups in total. The number of benzene rings is 1. The van der Waals surface area contributed by atoms with Gasteiger partial charge in [0.25, 0.3) is 0 Å². The van der Waals surface area contributed by atoms with Crippen LogP contribution in [-0.2, 0) is 4.79 Å². The lowest BCUT2D eigenvalue weighted by molar-refractivity contribution is -0.122. The van der Waals surface area contributed by atoms with E-state index in [2.05, 4.69) is 17.4 Å². The SMILES string of the molecule is CC(NC(=O)CC1CCCC1)c1ccccc1. The Labute approximate surface area is 103 Å². The van der Waals surface area contributed by atoms with Crippen LogP contribution in [0.15, 0.2) is 30.3 Å². The van der Waals surface area contributed by atoms with E-state index in [1.54, 1.807) is 0 Å². The molecule has 2 nitrogen and oxygen atoms in total. The Kier molecular flexibility index (Phi) is 4.18. The molecule has 1 aliphatic carbocycles. The van der Waals surface area contributed by atoms with Crippen molar-refractivity contribution in [3.8, 4) is 0 Å². The fraction of sp³-hybridized carbons (Fsp3) is 0.533. The normalized spacial score (nSPS) is 17.9. The van der Waals surface area contributed by atoms with Gasteiger partial charge in [0.1, 0.15) is 0 Å². The Morgan fingerprint density at radius 3 is 2.59 bits per heavy atom. The third-order valence-electron chi connectivity index (χ3n) is 3.63. The fourth-order valence-corrected chi connectivity index (χ4v) is 2.60. The van der Waals surface area contributed by atoms with Gasteiger partial charge in [-0.2, -0.15) is 0 Å². The molecule has 2 heteroatoms. The van der Waals surface area contributed by atoms with Crippen LogP contribution < -0.4 is 5.32 Å². The first kappa shape index (κ1) is 12.2. The quantitative estimate of drug-likeness (QED) is 0.845. The summed E-state index contributed by atoms with van der Waals surface area (Å²) in [5, 5.41) is 3.08. The minimum atomic E-state index is 0.116. The van der Waals surface area contributed by atoms with Gasteiger partial charge in [-0.15, -0.1) is 0 Å². The topological polar surface area (TPSA) is 29.1 Å². The van der Waals surface area contributed by atoms with E-state index in [-0.39, 0.29) is 11.9 Å². The van der Waals surface area contributed by atoms with E-state index in [0.717, 1.165) is 0 Å². The second kappa shape index (κ2) is 5.85. The molecule has 0 spiro atoms. The molecule has 1 aliphatic rings. The van der Waals surface area contributed by atoms with E-state index in [1.165, 1.54) is 31.2 Å². The Balaban J connectivity index is 1.81. The maximum Gasteiger partial charge on any atom is 0.220 e. The highest BCUT2D eigenvalue weighted by Gasteiger charge is 2.19. The largest absolute Gasteiger partial charge is 0.350 e. The van der Waals surface area contributed by atoms with Gasteiger partial charge in [-0.25, -0.2) is 0 Å². The van der Waals surface area contributed by atoms with Crippen molar-refractivity contribution in [3.05, 3.63) is 35.9 Å². The zero-order valence-corrected chi connectivity index (χ0v) is 10.5. The summed E-state index contributed by atoms with van der Waals surface area (Å²) in [5.41, 5.74) is 1.17. The van der Waals surface area contributed by atoms with Crippen molar-refractivity contribution >= 4 is 5.91 Å². The van der Waals surface area contributed by atoms with Gasteiger partial charge in [0.05, 0.1) is 6.04 Å². The number of nitrogens with one attached hydrogen (secondary N) is 1. The zero-order chi connectivity index (χ0) is 12.1. The van der Waals surface area contributed by atoms with E-state index in [4.69, 9.17) is 0 Å². The molecule has 2 rings (SSSR count). The number of hydrogen-bond acceptors (Lipinski definition) is 1. The van der Waals surface area contributed by atoms with Crippen molar-refractivity contribution < 1.29 is 4.79 Å². The monoisotopic (exact) mass is 231 g/mol. The molecule has 17 heavy (non-hydrogen) atoms. The number of hydrogen-bond donors (Lipinski definition) is 1. The molecular weight excluding hydrogens is 210 g/mol. The van der Waals surface area contributed by atoms with Gasteiger partial charge in [-0.1, -0.05) is 43.2 Å². The van der Waals surface area contributed by atoms with Crippen LogP contribution in [0.4, 0.5) is 0 Å². The van der Waals surface area contributed by atoms with E-state index in [0.29, 0.717) is 12.3 Å². The Morgan fingerprint density at radius 2 is 1.94 bits per heavy atom. The van der Waals surface area contributed by atoms with E-state index >= 15 is 0 Å². The Morgan fingerprint density at radius 1 is 1.29 bits per heavy atom. The highest BCUT2D eigenvalue weighted by Crippen LogP contribution is 2.27. The Hall–Kier alpha value is -1.31. The lowest BCUT2D eigenvalue weighted by Crippen LogP contribution is -2.27. The summed E-state index contributed by atoms with van der Waals surface area (Å²) in [7, 11) is 0. The van der Waals surface area contributed by atoms with Crippen LogP contribution in [0.1, 0.15) is 50.6 Å². The summed E-state index contributed by atoms with van der Waals surface area (Å²) >= 11 is 0. The average Bonchev–Trinajstić information content (AvgIpc) is 2.82. The summed E-state index contributed by atoms with van der Waals surface area (Å²) in [6, 6.07) is 10.2. The van der Waals surface area contributed by atoms with Crippen molar-refractivity contribution in [2.75, 3.05) is 0 Å². The number of amides is 1. The molecule has 1 amide bonds. The number of carbonyl (C=O) groups is 1. The van der Waals surface area contributed by atoms with Gasteiger partial charge in [0, 0.05) is 6.42 Å². The van der Waals surface area contributed by atoms with Gasteiger partial charge in [0.2, 0.25) is 5.91 Å². The molecular formula is C15H21NO. The highest BCUT2D eigenvalue weighted by atomic mass is 16.1. The fourth-order valence-electron chi connectivity index (χ4n) is 2.60. The van der Waals surface area contributed by atoms with Crippen LogP contribution in [0.25, 0.3) is 0 Å². The first-order valence-electron chi connectivity index (χ1n) is 6.60. The summed E-state index contributed by atoms with van der Waals surface area (Å²) in [5.74, 6) is 0.825. The van der Waals surface area contributed by atoms with Crippen molar-refractivity contribution in [3.63, 3.8) is 0 Å². The summed E-state index contributed by atoms with van der Waals surface area (Å²) in [4.78, 5) is 11.9. The minimum absolute atomic E-state index is 0.116. The van der Waals surface area contributed by atoms with E-state index in [9.17, 15) is 4.79 Å². The van der Waals surface area contributed by atoms with Gasteiger partial charge in [-0.3, -0.25) is 4.79 Å². The first-order valence-corrected chi connectivity index (χ1v) is 6.60. The van der Waals surface area contributed by atoms with Crippen LogP contribution in [-0.4, -0.2) is 5.91 Å². The molecule has 1 aromatic rings. The van der Waals surface area contributed by atoms with Crippen molar-refractivity contribution in [2.45, 2.75) is 45.1 Å². The molecule has 1 saturated carbocycles. The van der Waals surface area contributed by atoms with Crippen LogP contribution >= 0.6 is 0 Å². The molecule has 1 fully saturated rings. The first-order chi connectivity index (χ1) is 8.25. The van der Waals surface area contributed by atoms with Gasteiger partial charge in [0.15, 0.2) is 0 Å². The van der Waals surface area contributed by atoms with Crippen LogP contribution in [0, 0.1) is 5.92 Å². The zero-order valence-electron chi connectivity index (χ0n) is 10.5. The van der Waals surface area contributed by atoms with Crippen molar-refractivity contribution in [1.29, 1.82) is 0 Å². The number of rotatable bonds is 4. The van der Waals surface area contributed by atoms with Crippen LogP contribution in [0.3, 0.4) is 0 Å². The smallest absolute Gasteiger partial charge is 0.220 e. The van der Waals surface area contributed by atoms with Crippen LogP contribution in [0.5, 0.6) is 0 Å². The summed E-state index contributed by atoms with van der Waals surface area (Å²) in [6.07, 6.45) is 5.76. The third kappa shape index (κ3) is 3.58. The molecule has 1 unspecified atom stereocenters. The summed E-state index contributed by atoms with van der Waals surface area (Å²) < 4.78 is 0. The van der Waals surface area contributed by atoms with Gasteiger partial charge in [-0.05, 0) is 31.2 Å². The lowest BCUT2D eigenvalue weighted by atomic mass is 10.0. The van der Waals surface area contributed by atoms with Crippen molar-refractivity contribution in [1.82, 2.24) is 5.32 Å². The molecule has 0 saturated heterocycles. The third-order valence-corrected chi connectivity index (χ3v) is 3.63. The molecule has 0 bridgehead atoms. The minimum Gasteiger partial charge on any atom is -0.350 e. The molecule has 1 atom stereocenters. The maximum absolute atomic E-state index is 11.9. The van der Waals surface area contributed by atoms with E-state index < -0.39 is 0 Å². The van der Waals surface area contributed by atoms with Gasteiger partial charge >= 0.3 is 0 Å². The standard InChI is InChI=1S/C15H21NO/c1-12(14-9-3-2-4-10-14)16-15(17)11-13-7-5-6-8-13/h2-4,9-10,12-13H,5-8,11H2,1H3,(H,16,17). The lowest BCUT2D eigenvalue weighted by Gasteiger charge is -2.16. The average molecular weight is 231 g/mol. The van der Waals surface area contributed by atoms with Crippen molar-refractivity contribution in [2.24, 2.45) is 5.92 Å². The second-order valence-electron chi connectivity index (χ2n) is 5.05. The van der Waals surface area contributed by atoms with Crippen LogP contribution in [0.2, 0.25) is 0 Å². The molecule has 0 aliphatic heterocycles. The second-order valence-corrected chi connectivity index (χ2v) is 5.05. The summed E-state index contributed by atoms with van der Waals surface area (Å²) in [6.45, 7) is 2.04. The molecule has 0 heterocycles. The molecule has 0 aromatic heterocycles. The molecule has 92 valence electrons. The highest BCUT2D eigenvalue weighted by molar-refractivity contribution is 5.76. The molecule has 0 radical (unpaired) electrons. The van der Waals surface area contributed by atoms with E-state index in [1.807, 2.05) is 25.1 Å². The predicted octanol–water partition coefficient (Wildman–Crippen LogP) is 3.44.